The molecule has 1 saturated heterocycles. The predicted octanol–water partition coefficient (Wildman–Crippen LogP) is 1.27. The maximum atomic E-state index is 4.59. The van der Waals surface area contributed by atoms with E-state index in [1.165, 1.54) is 11.5 Å². The molecule has 1 N–H and O–H groups in total. The molecule has 27 heavy (non-hydrogen) atoms. The smallest absolute Gasteiger partial charge is 0.205 e. The molecule has 0 aliphatic carbocycles. The van der Waals surface area contributed by atoms with Gasteiger partial charge in [0.25, 0.3) is 0 Å². The van der Waals surface area contributed by atoms with Gasteiger partial charge in [-0.2, -0.15) is 4.37 Å². The molecule has 2 aromatic heterocycles. The molecule has 0 amide bonds. The molecule has 11 heteroatoms. The van der Waals surface area contributed by atoms with Crippen molar-refractivity contribution in [3.8, 4) is 0 Å². The summed E-state index contributed by atoms with van der Waals surface area (Å²) in [5, 5.41) is 12.6. The third kappa shape index (κ3) is 5.50. The van der Waals surface area contributed by atoms with Crippen LogP contribution in [0, 0.1) is 0 Å². The van der Waals surface area contributed by atoms with Gasteiger partial charge in [0, 0.05) is 70.7 Å². The Bertz CT molecular complexity index is 721. The van der Waals surface area contributed by atoms with Crippen LogP contribution >= 0.6 is 35.5 Å². The highest BCUT2D eigenvalue weighted by atomic mass is 127. The summed E-state index contributed by atoms with van der Waals surface area (Å²) in [7, 11) is 1.84. The Morgan fingerprint density at radius 3 is 2.63 bits per heavy atom. The minimum atomic E-state index is 0. The molecule has 1 aliphatic heterocycles. The summed E-state index contributed by atoms with van der Waals surface area (Å²) in [4.78, 5) is 13.6. The molecule has 3 heterocycles. The van der Waals surface area contributed by atoms with Crippen molar-refractivity contribution in [2.75, 3.05) is 44.7 Å². The molecular formula is C16H28IN9S. The van der Waals surface area contributed by atoms with Crippen molar-refractivity contribution in [3.63, 3.8) is 0 Å². The van der Waals surface area contributed by atoms with Crippen LogP contribution in [-0.2, 0) is 19.4 Å². The SMILES string of the molecule is CCc1nsc(N2CCN(C(=NC)NCCn3cnnc3CC)CC2)n1.I. The van der Waals surface area contributed by atoms with Crippen molar-refractivity contribution in [2.45, 2.75) is 33.2 Å². The number of guanidine groups is 1. The number of aliphatic imine (C=N–C) groups is 1. The Morgan fingerprint density at radius 1 is 1.22 bits per heavy atom. The number of aromatic nitrogens is 5. The van der Waals surface area contributed by atoms with Crippen molar-refractivity contribution in [1.82, 2.24) is 34.3 Å². The van der Waals surface area contributed by atoms with E-state index in [1.807, 2.05) is 7.05 Å². The molecule has 0 atom stereocenters. The zero-order chi connectivity index (χ0) is 18.4. The van der Waals surface area contributed by atoms with E-state index in [2.05, 4.69) is 58.1 Å². The van der Waals surface area contributed by atoms with Crippen LogP contribution in [-0.4, -0.2) is 74.8 Å². The van der Waals surface area contributed by atoms with Gasteiger partial charge in [-0.3, -0.25) is 4.99 Å². The van der Waals surface area contributed by atoms with E-state index in [0.717, 1.165) is 74.9 Å². The lowest BCUT2D eigenvalue weighted by atomic mass is 10.3. The molecule has 150 valence electrons. The number of halogens is 1. The third-order valence-corrected chi connectivity index (χ3v) is 5.30. The number of nitrogens with one attached hydrogen (secondary N) is 1. The summed E-state index contributed by atoms with van der Waals surface area (Å²) in [6.07, 6.45) is 3.57. The lowest BCUT2D eigenvalue weighted by molar-refractivity contribution is 0.371. The molecule has 1 aliphatic rings. The standard InChI is InChI=1S/C16H27N9S.HI/c1-4-13-20-16(26-22-13)24-10-8-23(9-11-24)15(17-3)18-6-7-25-12-19-21-14(25)5-2;/h12H,4-11H2,1-3H3,(H,17,18);1H. The molecule has 9 nitrogen and oxygen atoms in total. The molecule has 0 spiro atoms. The molecule has 2 aromatic rings. The van der Waals surface area contributed by atoms with Gasteiger partial charge in [0.2, 0.25) is 5.13 Å². The van der Waals surface area contributed by atoms with Gasteiger partial charge in [0.05, 0.1) is 0 Å². The maximum absolute atomic E-state index is 4.59. The van der Waals surface area contributed by atoms with Crippen molar-refractivity contribution < 1.29 is 0 Å². The van der Waals surface area contributed by atoms with E-state index in [1.54, 1.807) is 6.33 Å². The first-order valence-electron chi connectivity index (χ1n) is 9.15. The van der Waals surface area contributed by atoms with Crippen LogP contribution < -0.4 is 10.2 Å². The summed E-state index contributed by atoms with van der Waals surface area (Å²) in [5.74, 6) is 2.89. The minimum absolute atomic E-state index is 0. The summed E-state index contributed by atoms with van der Waals surface area (Å²) >= 11 is 1.50. The number of anilines is 1. The first-order valence-corrected chi connectivity index (χ1v) is 9.92. The van der Waals surface area contributed by atoms with E-state index in [9.17, 15) is 0 Å². The van der Waals surface area contributed by atoms with Gasteiger partial charge < -0.3 is 19.7 Å². The van der Waals surface area contributed by atoms with Crippen LogP contribution in [0.15, 0.2) is 11.3 Å². The van der Waals surface area contributed by atoms with E-state index >= 15 is 0 Å². The summed E-state index contributed by atoms with van der Waals surface area (Å²) in [5.41, 5.74) is 0. The third-order valence-electron chi connectivity index (χ3n) is 4.48. The fourth-order valence-electron chi connectivity index (χ4n) is 2.99. The van der Waals surface area contributed by atoms with Crippen LogP contribution in [0.2, 0.25) is 0 Å². The zero-order valence-electron chi connectivity index (χ0n) is 16.1. The molecule has 3 rings (SSSR count). The van der Waals surface area contributed by atoms with Gasteiger partial charge >= 0.3 is 0 Å². The van der Waals surface area contributed by atoms with Crippen molar-refractivity contribution >= 4 is 46.6 Å². The van der Waals surface area contributed by atoms with E-state index in [0.29, 0.717) is 0 Å². The van der Waals surface area contributed by atoms with Gasteiger partial charge in [-0.15, -0.1) is 34.2 Å². The molecular weight excluding hydrogens is 477 g/mol. The largest absolute Gasteiger partial charge is 0.354 e. The zero-order valence-corrected chi connectivity index (χ0v) is 19.3. The molecule has 0 saturated carbocycles. The first kappa shape index (κ1) is 21.8. The van der Waals surface area contributed by atoms with Gasteiger partial charge in [0.1, 0.15) is 18.0 Å². The Kier molecular flexibility index (Phi) is 8.67. The highest BCUT2D eigenvalue weighted by molar-refractivity contribution is 14.0. The van der Waals surface area contributed by atoms with E-state index in [4.69, 9.17) is 0 Å². The Balaban J connectivity index is 0.00000261. The number of rotatable bonds is 6. The Morgan fingerprint density at radius 2 is 2.00 bits per heavy atom. The summed E-state index contributed by atoms with van der Waals surface area (Å²) in [6.45, 7) is 9.53. The van der Waals surface area contributed by atoms with Crippen LogP contribution in [0.3, 0.4) is 0 Å². The number of hydrogen-bond acceptors (Lipinski definition) is 7. The molecule has 0 bridgehead atoms. The maximum Gasteiger partial charge on any atom is 0.205 e. The molecule has 0 unspecified atom stereocenters. The first-order chi connectivity index (χ1) is 12.7. The molecule has 0 aromatic carbocycles. The van der Waals surface area contributed by atoms with Crippen LogP contribution in [0.1, 0.15) is 25.5 Å². The van der Waals surface area contributed by atoms with Crippen LogP contribution in [0.4, 0.5) is 5.13 Å². The van der Waals surface area contributed by atoms with Crippen molar-refractivity contribution in [2.24, 2.45) is 4.99 Å². The van der Waals surface area contributed by atoms with Crippen LogP contribution in [0.25, 0.3) is 0 Å². The van der Waals surface area contributed by atoms with Gasteiger partial charge in [-0.1, -0.05) is 13.8 Å². The average Bonchev–Trinajstić information content (AvgIpc) is 3.34. The highest BCUT2D eigenvalue weighted by Crippen LogP contribution is 2.19. The number of aryl methyl sites for hydroxylation is 2. The summed E-state index contributed by atoms with van der Waals surface area (Å²) < 4.78 is 6.47. The van der Waals surface area contributed by atoms with Gasteiger partial charge in [0.15, 0.2) is 5.96 Å². The second-order valence-corrected chi connectivity index (χ2v) is 6.82. The topological polar surface area (TPSA) is 87.4 Å². The second kappa shape index (κ2) is 10.7. The molecule has 0 radical (unpaired) electrons. The molecule has 1 fully saturated rings. The minimum Gasteiger partial charge on any atom is -0.354 e. The lowest BCUT2D eigenvalue weighted by Crippen LogP contribution is -2.53. The second-order valence-electron chi connectivity index (χ2n) is 6.09. The highest BCUT2D eigenvalue weighted by Gasteiger charge is 2.21. The normalized spacial score (nSPS) is 15.0. The van der Waals surface area contributed by atoms with Crippen molar-refractivity contribution in [3.05, 3.63) is 18.0 Å². The van der Waals surface area contributed by atoms with E-state index < -0.39 is 0 Å². The number of nitrogens with zero attached hydrogens (tertiary/aromatic N) is 8. The quantitative estimate of drug-likeness (QED) is 0.360. The van der Waals surface area contributed by atoms with E-state index in [-0.39, 0.29) is 24.0 Å². The number of hydrogen-bond donors (Lipinski definition) is 1. The van der Waals surface area contributed by atoms with Crippen molar-refractivity contribution in [1.29, 1.82) is 0 Å². The van der Waals surface area contributed by atoms with Crippen LogP contribution in [0.5, 0.6) is 0 Å². The number of piperazine rings is 1. The Labute approximate surface area is 181 Å². The summed E-state index contributed by atoms with van der Waals surface area (Å²) in [6, 6.07) is 0. The fourth-order valence-corrected chi connectivity index (χ4v) is 3.79. The average molecular weight is 505 g/mol. The van der Waals surface area contributed by atoms with Gasteiger partial charge in [-0.05, 0) is 0 Å². The Hall–Kier alpha value is -1.50. The monoisotopic (exact) mass is 505 g/mol. The predicted molar refractivity (Wildman–Crippen MR) is 119 cm³/mol. The van der Waals surface area contributed by atoms with Gasteiger partial charge in [-0.25, -0.2) is 4.98 Å². The fraction of sp³-hybridized carbons (Fsp3) is 0.688. The lowest BCUT2D eigenvalue weighted by Gasteiger charge is -2.36.